The molecular weight excluding hydrogens is 326 g/mol. The van der Waals surface area contributed by atoms with Gasteiger partial charge in [-0.25, -0.2) is 0 Å². The van der Waals surface area contributed by atoms with Crippen molar-refractivity contribution < 1.29 is 19.3 Å². The first-order chi connectivity index (χ1) is 9.43. The Hall–Kier alpha value is -0.140. The van der Waals surface area contributed by atoms with Crippen molar-refractivity contribution in [2.45, 2.75) is 57.8 Å². The Kier molecular flexibility index (Phi) is 5.13. The van der Waals surface area contributed by atoms with Crippen molar-refractivity contribution in [1.82, 2.24) is 4.90 Å². The molecule has 0 aromatic heterocycles. The average Bonchev–Trinajstić information content (AvgIpc) is 2.92. The van der Waals surface area contributed by atoms with Crippen molar-refractivity contribution in [1.29, 1.82) is 0 Å². The van der Waals surface area contributed by atoms with Crippen molar-refractivity contribution in [2.75, 3.05) is 19.7 Å². The fourth-order valence-corrected chi connectivity index (χ4v) is 3.30. The number of aliphatic hydroxyl groups is 1. The normalized spacial score (nSPS) is 38.6. The van der Waals surface area contributed by atoms with Crippen molar-refractivity contribution in [3.63, 3.8) is 0 Å². The van der Waals surface area contributed by atoms with Gasteiger partial charge in [0.25, 0.3) is 0 Å². The number of rotatable bonds is 4. The molecule has 4 atom stereocenters. The Morgan fingerprint density at radius 2 is 2.05 bits per heavy atom. The number of halogens is 1. The summed E-state index contributed by atoms with van der Waals surface area (Å²) in [4.78, 5) is 3.93. The molecule has 0 aliphatic carbocycles. The molecule has 2 aliphatic rings. The first kappa shape index (κ1) is 16.2. The molecule has 2 aliphatic heterocycles. The van der Waals surface area contributed by atoms with Gasteiger partial charge in [0, 0.05) is 4.99 Å². The van der Waals surface area contributed by atoms with E-state index in [-0.39, 0.29) is 12.1 Å². The van der Waals surface area contributed by atoms with E-state index in [2.05, 4.69) is 34.7 Å². The summed E-state index contributed by atoms with van der Waals surface area (Å²) in [6, 6.07) is -0.137. The van der Waals surface area contributed by atoms with E-state index < -0.39 is 18.0 Å². The molecule has 0 radical (unpaired) electrons. The monoisotopic (exact) mass is 349 g/mol. The third-order valence-electron chi connectivity index (χ3n) is 3.93. The van der Waals surface area contributed by atoms with Gasteiger partial charge in [-0.2, -0.15) is 0 Å². The molecule has 116 valence electrons. The maximum Gasteiger partial charge on any atom is 0.163 e. The second kappa shape index (κ2) is 6.32. The Labute approximate surface area is 129 Å². The predicted octanol–water partition coefficient (Wildman–Crippen LogP) is 1.84. The predicted molar refractivity (Wildman–Crippen MR) is 79.5 cm³/mol. The third kappa shape index (κ3) is 3.04. The SMILES string of the molecule is CCN(CC)[C@H]1/C(=C/Br)O[C@H]([C@H]2COC(C)(C)O2)[C@@H]1O. The van der Waals surface area contributed by atoms with Crippen LogP contribution in [0.15, 0.2) is 10.7 Å². The number of ether oxygens (including phenoxy) is 3. The first-order valence-electron chi connectivity index (χ1n) is 7.14. The van der Waals surface area contributed by atoms with Gasteiger partial charge in [0.15, 0.2) is 11.9 Å². The fourth-order valence-electron chi connectivity index (χ4n) is 2.92. The second-order valence-corrected chi connectivity index (χ2v) is 6.08. The molecule has 0 saturated carbocycles. The highest BCUT2D eigenvalue weighted by Gasteiger charge is 2.50. The molecule has 2 fully saturated rings. The zero-order chi connectivity index (χ0) is 14.9. The van der Waals surface area contributed by atoms with Gasteiger partial charge >= 0.3 is 0 Å². The maximum absolute atomic E-state index is 10.6. The Morgan fingerprint density at radius 3 is 2.50 bits per heavy atom. The van der Waals surface area contributed by atoms with E-state index in [0.717, 1.165) is 18.8 Å². The fraction of sp³-hybridized carbons (Fsp3) is 0.857. The molecule has 0 amide bonds. The second-order valence-electron chi connectivity index (χ2n) is 5.62. The van der Waals surface area contributed by atoms with E-state index >= 15 is 0 Å². The summed E-state index contributed by atoms with van der Waals surface area (Å²) in [6.45, 7) is 10.0. The van der Waals surface area contributed by atoms with Crippen LogP contribution in [0.3, 0.4) is 0 Å². The van der Waals surface area contributed by atoms with Crippen LogP contribution in [0.2, 0.25) is 0 Å². The number of likely N-dealkylation sites (N-methyl/N-ethyl adjacent to an activating group) is 1. The molecule has 2 heterocycles. The van der Waals surface area contributed by atoms with Gasteiger partial charge in [0.05, 0.1) is 12.6 Å². The van der Waals surface area contributed by atoms with Crippen LogP contribution in [0.25, 0.3) is 0 Å². The van der Waals surface area contributed by atoms with Gasteiger partial charge in [-0.15, -0.1) is 0 Å². The van der Waals surface area contributed by atoms with Crippen molar-refractivity contribution in [3.05, 3.63) is 10.7 Å². The lowest BCUT2D eigenvalue weighted by Gasteiger charge is -2.28. The van der Waals surface area contributed by atoms with Crippen molar-refractivity contribution >= 4 is 15.9 Å². The van der Waals surface area contributed by atoms with E-state index in [1.165, 1.54) is 0 Å². The summed E-state index contributed by atoms with van der Waals surface area (Å²) in [7, 11) is 0. The molecule has 0 bridgehead atoms. The highest BCUT2D eigenvalue weighted by molar-refractivity contribution is 9.11. The van der Waals surface area contributed by atoms with Crippen LogP contribution in [0.1, 0.15) is 27.7 Å². The van der Waals surface area contributed by atoms with Crippen LogP contribution in [-0.4, -0.2) is 59.8 Å². The Balaban J connectivity index is 2.14. The average molecular weight is 350 g/mol. The summed E-state index contributed by atoms with van der Waals surface area (Å²) in [5, 5.41) is 10.6. The van der Waals surface area contributed by atoms with E-state index in [4.69, 9.17) is 14.2 Å². The van der Waals surface area contributed by atoms with Crippen LogP contribution < -0.4 is 0 Å². The lowest BCUT2D eigenvalue weighted by Crippen LogP contribution is -2.47. The van der Waals surface area contributed by atoms with E-state index in [1.54, 1.807) is 4.99 Å². The maximum atomic E-state index is 10.6. The molecule has 2 rings (SSSR count). The standard InChI is InChI=1S/C14H24BrNO4/c1-5-16(6-2)11-9(7-15)19-13(12(11)17)10-8-18-14(3,4)20-10/h7,10-13,17H,5-6,8H2,1-4H3/b9-7-/t10-,11+,12-,13-/m1/s1. The molecular formula is C14H24BrNO4. The number of aliphatic hydroxyl groups excluding tert-OH is 1. The highest BCUT2D eigenvalue weighted by Crippen LogP contribution is 2.36. The minimum absolute atomic E-state index is 0.137. The summed E-state index contributed by atoms with van der Waals surface area (Å²) in [6.07, 6.45) is -1.27. The van der Waals surface area contributed by atoms with Crippen molar-refractivity contribution in [3.8, 4) is 0 Å². The Morgan fingerprint density at radius 1 is 1.40 bits per heavy atom. The minimum Gasteiger partial charge on any atom is -0.487 e. The van der Waals surface area contributed by atoms with Crippen molar-refractivity contribution in [2.24, 2.45) is 0 Å². The van der Waals surface area contributed by atoms with E-state index in [0.29, 0.717) is 6.61 Å². The molecule has 1 N–H and O–H groups in total. The summed E-state index contributed by atoms with van der Waals surface area (Å²) in [5.41, 5.74) is 0. The van der Waals surface area contributed by atoms with E-state index in [9.17, 15) is 5.11 Å². The zero-order valence-electron chi connectivity index (χ0n) is 12.5. The topological polar surface area (TPSA) is 51.2 Å². The van der Waals surface area contributed by atoms with Gasteiger partial charge in [-0.05, 0) is 26.9 Å². The van der Waals surface area contributed by atoms with Gasteiger partial charge < -0.3 is 19.3 Å². The summed E-state index contributed by atoms with van der Waals surface area (Å²) < 4.78 is 17.3. The summed E-state index contributed by atoms with van der Waals surface area (Å²) >= 11 is 3.33. The zero-order valence-corrected chi connectivity index (χ0v) is 14.1. The molecule has 20 heavy (non-hydrogen) atoms. The number of hydrogen-bond acceptors (Lipinski definition) is 5. The number of hydrogen-bond donors (Lipinski definition) is 1. The summed E-state index contributed by atoms with van der Waals surface area (Å²) in [5.74, 6) is 0.138. The third-order valence-corrected chi connectivity index (χ3v) is 4.39. The molecule has 6 heteroatoms. The van der Waals surface area contributed by atoms with E-state index in [1.807, 2.05) is 13.8 Å². The molecule has 2 saturated heterocycles. The molecule has 0 aromatic carbocycles. The molecule has 0 spiro atoms. The number of nitrogens with zero attached hydrogens (tertiary/aromatic N) is 1. The molecule has 0 unspecified atom stereocenters. The molecule has 0 aromatic rings. The lowest BCUT2D eigenvalue weighted by atomic mass is 10.0. The highest BCUT2D eigenvalue weighted by atomic mass is 79.9. The van der Waals surface area contributed by atoms with Gasteiger partial charge in [0.2, 0.25) is 0 Å². The quantitative estimate of drug-likeness (QED) is 0.839. The van der Waals surface area contributed by atoms with Crippen LogP contribution in [0.5, 0.6) is 0 Å². The largest absolute Gasteiger partial charge is 0.487 e. The smallest absolute Gasteiger partial charge is 0.163 e. The van der Waals surface area contributed by atoms with Crippen LogP contribution in [0, 0.1) is 0 Å². The lowest BCUT2D eigenvalue weighted by molar-refractivity contribution is -0.156. The van der Waals surface area contributed by atoms with Crippen LogP contribution in [0.4, 0.5) is 0 Å². The van der Waals surface area contributed by atoms with Gasteiger partial charge in [-0.1, -0.05) is 29.8 Å². The molecule has 5 nitrogen and oxygen atoms in total. The Bertz CT molecular complexity index is 370. The first-order valence-corrected chi connectivity index (χ1v) is 8.06. The van der Waals surface area contributed by atoms with Gasteiger partial charge in [-0.3, -0.25) is 4.90 Å². The minimum atomic E-state index is -0.624. The van der Waals surface area contributed by atoms with Crippen LogP contribution in [-0.2, 0) is 14.2 Å². The van der Waals surface area contributed by atoms with Crippen LogP contribution >= 0.6 is 15.9 Å². The van der Waals surface area contributed by atoms with Gasteiger partial charge in [0.1, 0.15) is 18.0 Å².